The van der Waals surface area contributed by atoms with Crippen LogP contribution in [0.4, 0.5) is 26.3 Å². The number of halogens is 6. The van der Waals surface area contributed by atoms with E-state index in [0.29, 0.717) is 31.6 Å². The zero-order valence-electron chi connectivity index (χ0n) is 16.0. The fourth-order valence-electron chi connectivity index (χ4n) is 4.16. The molecule has 1 aromatic heterocycles. The molecule has 1 unspecified atom stereocenters. The van der Waals surface area contributed by atoms with Gasteiger partial charge in [0, 0.05) is 18.5 Å². The molecule has 2 aliphatic rings. The molecule has 168 valence electrons. The molecule has 11 heteroatoms. The van der Waals surface area contributed by atoms with Crippen molar-refractivity contribution in [3.63, 3.8) is 0 Å². The minimum Gasteiger partial charge on any atom is -0.619 e. The topological polar surface area (TPSA) is 56.5 Å². The summed E-state index contributed by atoms with van der Waals surface area (Å²) in [6.45, 7) is 0.334. The average molecular weight is 440 g/mol. The van der Waals surface area contributed by atoms with Crippen LogP contribution in [0.2, 0.25) is 0 Å². The molecule has 1 amide bonds. The van der Waals surface area contributed by atoms with Crippen LogP contribution < -0.4 is 9.47 Å². The van der Waals surface area contributed by atoms with Gasteiger partial charge in [0.25, 0.3) is 0 Å². The standard InChI is InChI=1S/C19H22F6N2O3/c20-18(21,22)13-5-3-12(4-6-13)17(28)27-7-1-2-15(27)11-30-16-8-14(19(23,24)25)9-26(29)10-16/h8-10,12-13,15H,1-7,11H2. The Bertz CT molecular complexity index is 760. The lowest BCUT2D eigenvalue weighted by Gasteiger charge is -2.33. The molecule has 2 fully saturated rings. The van der Waals surface area contributed by atoms with Crippen LogP contribution in [-0.2, 0) is 11.0 Å². The molecule has 0 spiro atoms. The Morgan fingerprint density at radius 1 is 1.10 bits per heavy atom. The maximum Gasteiger partial charge on any atom is 0.422 e. The minimum atomic E-state index is -4.70. The second-order valence-corrected chi connectivity index (χ2v) is 7.85. The second kappa shape index (κ2) is 8.50. The van der Waals surface area contributed by atoms with E-state index in [2.05, 4.69) is 0 Å². The molecule has 3 rings (SSSR count). The van der Waals surface area contributed by atoms with Crippen molar-refractivity contribution in [3.8, 4) is 5.75 Å². The smallest absolute Gasteiger partial charge is 0.422 e. The van der Waals surface area contributed by atoms with Gasteiger partial charge < -0.3 is 14.8 Å². The molecule has 1 saturated heterocycles. The van der Waals surface area contributed by atoms with Crippen molar-refractivity contribution in [2.24, 2.45) is 11.8 Å². The highest BCUT2D eigenvalue weighted by Crippen LogP contribution is 2.40. The van der Waals surface area contributed by atoms with Crippen LogP contribution in [0, 0.1) is 17.0 Å². The van der Waals surface area contributed by atoms with E-state index in [1.165, 1.54) is 0 Å². The second-order valence-electron chi connectivity index (χ2n) is 7.85. The first kappa shape index (κ1) is 22.5. The first-order valence-corrected chi connectivity index (χ1v) is 9.76. The zero-order chi connectivity index (χ0) is 22.1. The van der Waals surface area contributed by atoms with Gasteiger partial charge in [0.2, 0.25) is 12.1 Å². The van der Waals surface area contributed by atoms with Crippen LogP contribution in [0.15, 0.2) is 18.5 Å². The van der Waals surface area contributed by atoms with Crippen molar-refractivity contribution in [2.75, 3.05) is 13.2 Å². The van der Waals surface area contributed by atoms with Crippen LogP contribution in [0.3, 0.4) is 0 Å². The van der Waals surface area contributed by atoms with Crippen molar-refractivity contribution in [2.45, 2.75) is 56.9 Å². The van der Waals surface area contributed by atoms with Crippen LogP contribution in [0.25, 0.3) is 0 Å². The molecule has 2 heterocycles. The summed E-state index contributed by atoms with van der Waals surface area (Å²) in [6.07, 6.45) is -6.28. The third kappa shape index (κ3) is 5.28. The maximum atomic E-state index is 12.8. The third-order valence-electron chi connectivity index (χ3n) is 5.79. The van der Waals surface area contributed by atoms with E-state index in [-0.39, 0.29) is 48.7 Å². The van der Waals surface area contributed by atoms with Crippen molar-refractivity contribution in [1.29, 1.82) is 0 Å². The summed E-state index contributed by atoms with van der Waals surface area (Å²) in [5.41, 5.74) is -1.14. The molecule has 0 aromatic carbocycles. The van der Waals surface area contributed by atoms with E-state index in [0.717, 1.165) is 6.20 Å². The first-order chi connectivity index (χ1) is 13.9. The monoisotopic (exact) mass is 440 g/mol. The normalized spacial score (nSPS) is 25.4. The predicted octanol–water partition coefficient (Wildman–Crippen LogP) is 4.08. The molecular formula is C19H22F6N2O3. The van der Waals surface area contributed by atoms with E-state index in [4.69, 9.17) is 4.74 Å². The molecule has 1 aliphatic heterocycles. The van der Waals surface area contributed by atoms with Crippen LogP contribution in [0.5, 0.6) is 5.75 Å². The van der Waals surface area contributed by atoms with E-state index in [1.807, 2.05) is 0 Å². The van der Waals surface area contributed by atoms with Gasteiger partial charge in [-0.05, 0) is 38.5 Å². The molecule has 0 N–H and O–H groups in total. The van der Waals surface area contributed by atoms with Crippen molar-refractivity contribution in [3.05, 3.63) is 29.2 Å². The highest BCUT2D eigenvalue weighted by molar-refractivity contribution is 5.79. The summed E-state index contributed by atoms with van der Waals surface area (Å²) in [5.74, 6) is -2.35. The number of aromatic nitrogens is 1. The van der Waals surface area contributed by atoms with Crippen molar-refractivity contribution >= 4 is 5.91 Å². The van der Waals surface area contributed by atoms with Gasteiger partial charge in [-0.1, -0.05) is 0 Å². The van der Waals surface area contributed by atoms with Gasteiger partial charge in [-0.3, -0.25) is 4.79 Å². The number of likely N-dealkylation sites (tertiary alicyclic amines) is 1. The third-order valence-corrected chi connectivity index (χ3v) is 5.79. The van der Waals surface area contributed by atoms with Gasteiger partial charge in [-0.2, -0.15) is 31.1 Å². The zero-order valence-corrected chi connectivity index (χ0v) is 16.0. The number of hydrogen-bond acceptors (Lipinski definition) is 3. The number of carbonyl (C=O) groups excluding carboxylic acids is 1. The number of nitrogens with zero attached hydrogens (tertiary/aromatic N) is 2. The Labute approximate surface area is 169 Å². The van der Waals surface area contributed by atoms with Gasteiger partial charge >= 0.3 is 12.4 Å². The van der Waals surface area contributed by atoms with Gasteiger partial charge in [0.05, 0.1) is 12.0 Å². The van der Waals surface area contributed by atoms with E-state index in [9.17, 15) is 36.3 Å². The number of ether oxygens (including phenoxy) is 1. The van der Waals surface area contributed by atoms with E-state index < -0.39 is 35.8 Å². The van der Waals surface area contributed by atoms with Crippen LogP contribution >= 0.6 is 0 Å². The van der Waals surface area contributed by atoms with Crippen LogP contribution in [0.1, 0.15) is 44.1 Å². The van der Waals surface area contributed by atoms with Crippen molar-refractivity contribution < 1.29 is 40.6 Å². The molecule has 0 bridgehead atoms. The molecule has 1 aliphatic carbocycles. The number of rotatable bonds is 4. The lowest BCUT2D eigenvalue weighted by atomic mass is 9.81. The highest BCUT2D eigenvalue weighted by atomic mass is 19.4. The lowest BCUT2D eigenvalue weighted by Crippen LogP contribution is -2.44. The lowest BCUT2D eigenvalue weighted by molar-refractivity contribution is -0.607. The molecule has 30 heavy (non-hydrogen) atoms. The molecule has 1 aromatic rings. The molecular weight excluding hydrogens is 418 g/mol. The van der Waals surface area contributed by atoms with Gasteiger partial charge in [0.15, 0.2) is 11.9 Å². The Balaban J connectivity index is 1.59. The summed E-state index contributed by atoms with van der Waals surface area (Å²) < 4.78 is 82.3. The minimum absolute atomic E-state index is 0.00875. The predicted molar refractivity (Wildman–Crippen MR) is 92.1 cm³/mol. The van der Waals surface area contributed by atoms with E-state index in [1.54, 1.807) is 4.90 Å². The Hall–Kier alpha value is -2.20. The molecule has 0 radical (unpaired) electrons. The average Bonchev–Trinajstić information content (AvgIpc) is 3.12. The maximum absolute atomic E-state index is 12.8. The van der Waals surface area contributed by atoms with Gasteiger partial charge in [-0.25, -0.2) is 0 Å². The molecule has 1 atom stereocenters. The number of pyridine rings is 1. The summed E-state index contributed by atoms with van der Waals surface area (Å²) in [5, 5.41) is 11.4. The summed E-state index contributed by atoms with van der Waals surface area (Å²) >= 11 is 0. The Morgan fingerprint density at radius 3 is 2.37 bits per heavy atom. The Morgan fingerprint density at radius 2 is 1.77 bits per heavy atom. The fourth-order valence-corrected chi connectivity index (χ4v) is 4.16. The summed E-state index contributed by atoms with van der Waals surface area (Å²) in [7, 11) is 0. The quantitative estimate of drug-likeness (QED) is 0.403. The Kier molecular flexibility index (Phi) is 6.37. The summed E-state index contributed by atoms with van der Waals surface area (Å²) in [6, 6.07) is 0.320. The fraction of sp³-hybridized carbons (Fsp3) is 0.684. The number of carbonyl (C=O) groups is 1. The van der Waals surface area contributed by atoms with E-state index >= 15 is 0 Å². The van der Waals surface area contributed by atoms with Crippen molar-refractivity contribution in [1.82, 2.24) is 4.90 Å². The molecule has 1 saturated carbocycles. The number of alkyl halides is 6. The van der Waals surface area contributed by atoms with Gasteiger partial charge in [0.1, 0.15) is 12.2 Å². The highest BCUT2D eigenvalue weighted by Gasteiger charge is 2.44. The van der Waals surface area contributed by atoms with Crippen LogP contribution in [-0.4, -0.2) is 36.2 Å². The largest absolute Gasteiger partial charge is 0.619 e. The first-order valence-electron chi connectivity index (χ1n) is 9.76. The van der Waals surface area contributed by atoms with Gasteiger partial charge in [-0.15, -0.1) is 0 Å². The summed E-state index contributed by atoms with van der Waals surface area (Å²) in [4.78, 5) is 14.4. The molecule has 5 nitrogen and oxygen atoms in total. The number of hydrogen-bond donors (Lipinski definition) is 0. The SMILES string of the molecule is O=C(C1CCC(C(F)(F)F)CC1)N1CCCC1COc1cc(C(F)(F)F)c[n+]([O-])c1. The number of amides is 1.